The van der Waals surface area contributed by atoms with Gasteiger partial charge in [0.05, 0.1) is 6.33 Å². The summed E-state index contributed by atoms with van der Waals surface area (Å²) in [6.07, 6.45) is 5.36. The number of hydrogen-bond acceptors (Lipinski definition) is 2. The van der Waals surface area contributed by atoms with E-state index in [9.17, 15) is 4.79 Å². The molecular formula is C11H20N2O. The van der Waals surface area contributed by atoms with E-state index in [1.165, 1.54) is 0 Å². The van der Waals surface area contributed by atoms with Crippen LogP contribution in [0.4, 0.5) is 0 Å². The highest BCUT2D eigenvalue weighted by Gasteiger charge is 1.97. The van der Waals surface area contributed by atoms with Gasteiger partial charge < -0.3 is 4.57 Å². The first-order valence-corrected chi connectivity index (χ1v) is 5.19. The maximum absolute atomic E-state index is 10.3. The number of aromatic nitrogens is 2. The Kier molecular flexibility index (Phi) is 6.72. The van der Waals surface area contributed by atoms with E-state index in [1.807, 2.05) is 18.4 Å². The lowest BCUT2D eigenvalue weighted by Crippen LogP contribution is -1.98. The van der Waals surface area contributed by atoms with Crippen LogP contribution >= 0.6 is 0 Å². The molecule has 0 aliphatic rings. The molecule has 1 rings (SSSR count). The fourth-order valence-electron chi connectivity index (χ4n) is 0.968. The van der Waals surface area contributed by atoms with E-state index < -0.39 is 0 Å². The molecule has 0 aliphatic heterocycles. The minimum Gasteiger partial charge on any atom is -0.337 e. The van der Waals surface area contributed by atoms with E-state index in [1.54, 1.807) is 12.5 Å². The first kappa shape index (κ1) is 12.9. The summed E-state index contributed by atoms with van der Waals surface area (Å²) in [5, 5.41) is 0. The number of nitrogens with zero attached hydrogens (tertiary/aromatic N) is 2. The number of rotatable bonds is 4. The number of aldehydes is 1. The SMILES string of the molecule is CC.CC(C)CCn1cnc(C=O)c1. The van der Waals surface area contributed by atoms with Crippen LogP contribution in [0, 0.1) is 5.92 Å². The fraction of sp³-hybridized carbons (Fsp3) is 0.636. The van der Waals surface area contributed by atoms with Crippen molar-refractivity contribution < 1.29 is 4.79 Å². The molecule has 14 heavy (non-hydrogen) atoms. The molecule has 0 atom stereocenters. The van der Waals surface area contributed by atoms with Crippen molar-refractivity contribution in [2.24, 2.45) is 5.92 Å². The highest BCUT2D eigenvalue weighted by atomic mass is 16.1. The van der Waals surface area contributed by atoms with Gasteiger partial charge >= 0.3 is 0 Å². The number of aryl methyl sites for hydroxylation is 1. The summed E-state index contributed by atoms with van der Waals surface area (Å²) >= 11 is 0. The van der Waals surface area contributed by atoms with E-state index in [-0.39, 0.29) is 0 Å². The van der Waals surface area contributed by atoms with Gasteiger partial charge in [0, 0.05) is 12.7 Å². The molecule has 0 N–H and O–H groups in total. The second-order valence-electron chi connectivity index (χ2n) is 3.34. The summed E-state index contributed by atoms with van der Waals surface area (Å²) in [6.45, 7) is 9.30. The molecule has 0 aliphatic carbocycles. The van der Waals surface area contributed by atoms with Gasteiger partial charge in [0.25, 0.3) is 0 Å². The topological polar surface area (TPSA) is 34.9 Å². The summed E-state index contributed by atoms with van der Waals surface area (Å²) < 4.78 is 1.95. The Balaban J connectivity index is 0.000000791. The number of carbonyl (C=O) groups excluding carboxylic acids is 1. The maximum Gasteiger partial charge on any atom is 0.169 e. The van der Waals surface area contributed by atoms with Gasteiger partial charge in [-0.1, -0.05) is 27.7 Å². The van der Waals surface area contributed by atoms with Gasteiger partial charge in [-0.05, 0) is 12.3 Å². The van der Waals surface area contributed by atoms with Crippen LogP contribution in [-0.4, -0.2) is 15.8 Å². The van der Waals surface area contributed by atoms with Gasteiger partial charge in [-0.3, -0.25) is 4.79 Å². The van der Waals surface area contributed by atoms with Crippen molar-refractivity contribution in [3.05, 3.63) is 18.2 Å². The van der Waals surface area contributed by atoms with Crippen LogP contribution in [0.15, 0.2) is 12.5 Å². The molecule has 0 bridgehead atoms. The Morgan fingerprint density at radius 3 is 2.57 bits per heavy atom. The number of hydrogen-bond donors (Lipinski definition) is 0. The van der Waals surface area contributed by atoms with Crippen LogP contribution in [0.1, 0.15) is 44.6 Å². The molecule has 0 saturated heterocycles. The van der Waals surface area contributed by atoms with Crippen LogP contribution in [0.5, 0.6) is 0 Å². The molecule has 0 spiro atoms. The third kappa shape index (κ3) is 4.80. The Bertz CT molecular complexity index is 254. The predicted octanol–water partition coefficient (Wildman–Crippen LogP) is 2.77. The van der Waals surface area contributed by atoms with Crippen molar-refractivity contribution in [3.8, 4) is 0 Å². The molecule has 0 fully saturated rings. The van der Waals surface area contributed by atoms with Crippen molar-refractivity contribution in [1.82, 2.24) is 9.55 Å². The first-order chi connectivity index (χ1) is 6.72. The molecule has 3 heteroatoms. The summed E-state index contributed by atoms with van der Waals surface area (Å²) in [5.41, 5.74) is 0.513. The van der Waals surface area contributed by atoms with Crippen LogP contribution < -0.4 is 0 Å². The van der Waals surface area contributed by atoms with Crippen LogP contribution in [-0.2, 0) is 6.54 Å². The van der Waals surface area contributed by atoms with Crippen molar-refractivity contribution in [2.45, 2.75) is 40.7 Å². The van der Waals surface area contributed by atoms with Crippen molar-refractivity contribution in [1.29, 1.82) is 0 Å². The molecule has 0 saturated carbocycles. The zero-order valence-corrected chi connectivity index (χ0v) is 9.53. The lowest BCUT2D eigenvalue weighted by Gasteiger charge is -2.03. The van der Waals surface area contributed by atoms with Gasteiger partial charge in [0.2, 0.25) is 0 Å². The molecule has 0 aromatic carbocycles. The number of carbonyl (C=O) groups is 1. The van der Waals surface area contributed by atoms with Gasteiger partial charge in [-0.25, -0.2) is 4.98 Å². The maximum atomic E-state index is 10.3. The van der Waals surface area contributed by atoms with Crippen LogP contribution in [0.2, 0.25) is 0 Å². The largest absolute Gasteiger partial charge is 0.337 e. The third-order valence-corrected chi connectivity index (χ3v) is 1.74. The van der Waals surface area contributed by atoms with Gasteiger partial charge in [-0.15, -0.1) is 0 Å². The number of imidazole rings is 1. The average Bonchev–Trinajstić information content (AvgIpc) is 2.65. The predicted molar refractivity (Wildman–Crippen MR) is 58.4 cm³/mol. The Hall–Kier alpha value is -1.12. The lowest BCUT2D eigenvalue weighted by molar-refractivity contribution is 0.111. The quantitative estimate of drug-likeness (QED) is 0.694. The molecule has 1 aromatic heterocycles. The summed E-state index contributed by atoms with van der Waals surface area (Å²) in [7, 11) is 0. The van der Waals surface area contributed by atoms with Crippen LogP contribution in [0.25, 0.3) is 0 Å². The summed E-state index contributed by atoms with van der Waals surface area (Å²) in [6, 6.07) is 0. The molecule has 0 amide bonds. The molecule has 0 unspecified atom stereocenters. The third-order valence-electron chi connectivity index (χ3n) is 1.74. The van der Waals surface area contributed by atoms with E-state index in [4.69, 9.17) is 0 Å². The van der Waals surface area contributed by atoms with E-state index in [0.29, 0.717) is 11.6 Å². The fourth-order valence-corrected chi connectivity index (χ4v) is 0.968. The lowest BCUT2D eigenvalue weighted by atomic mass is 10.1. The Labute approximate surface area is 86.2 Å². The first-order valence-electron chi connectivity index (χ1n) is 5.19. The summed E-state index contributed by atoms with van der Waals surface area (Å²) in [5.74, 6) is 0.687. The monoisotopic (exact) mass is 196 g/mol. The average molecular weight is 196 g/mol. The minimum atomic E-state index is 0.513. The normalized spacial score (nSPS) is 9.50. The van der Waals surface area contributed by atoms with Gasteiger partial charge in [0.1, 0.15) is 5.69 Å². The zero-order chi connectivity index (χ0) is 11.0. The molecule has 1 heterocycles. The Morgan fingerprint density at radius 1 is 1.50 bits per heavy atom. The smallest absolute Gasteiger partial charge is 0.169 e. The zero-order valence-electron chi connectivity index (χ0n) is 9.53. The summed E-state index contributed by atoms with van der Waals surface area (Å²) in [4.78, 5) is 14.2. The van der Waals surface area contributed by atoms with E-state index in [0.717, 1.165) is 19.3 Å². The van der Waals surface area contributed by atoms with Crippen LogP contribution in [0.3, 0.4) is 0 Å². The molecule has 80 valence electrons. The minimum absolute atomic E-state index is 0.513. The molecule has 0 radical (unpaired) electrons. The molecule has 3 nitrogen and oxygen atoms in total. The van der Waals surface area contributed by atoms with Crippen molar-refractivity contribution in [2.75, 3.05) is 0 Å². The van der Waals surface area contributed by atoms with E-state index in [2.05, 4.69) is 18.8 Å². The van der Waals surface area contributed by atoms with Crippen molar-refractivity contribution >= 4 is 6.29 Å². The van der Waals surface area contributed by atoms with Gasteiger partial charge in [0.15, 0.2) is 6.29 Å². The second-order valence-corrected chi connectivity index (χ2v) is 3.34. The van der Waals surface area contributed by atoms with Gasteiger partial charge in [-0.2, -0.15) is 0 Å². The highest BCUT2D eigenvalue weighted by Crippen LogP contribution is 2.02. The molecule has 1 aromatic rings. The molecular weight excluding hydrogens is 176 g/mol. The van der Waals surface area contributed by atoms with E-state index >= 15 is 0 Å². The standard InChI is InChI=1S/C9H14N2O.C2H6/c1-8(2)3-4-11-5-9(6-12)10-7-11;1-2/h5-8H,3-4H2,1-2H3;1-2H3. The van der Waals surface area contributed by atoms with Crippen molar-refractivity contribution in [3.63, 3.8) is 0 Å². The Morgan fingerprint density at radius 2 is 2.14 bits per heavy atom. The highest BCUT2D eigenvalue weighted by molar-refractivity contribution is 5.70. The second kappa shape index (κ2) is 7.30.